The summed E-state index contributed by atoms with van der Waals surface area (Å²) in [5, 5.41) is 13.5. The second-order valence-corrected chi connectivity index (χ2v) is 7.05. The van der Waals surface area contributed by atoms with Gasteiger partial charge in [0.2, 0.25) is 0 Å². The van der Waals surface area contributed by atoms with E-state index in [1.807, 2.05) is 12.1 Å². The minimum absolute atomic E-state index is 0.178. The molecule has 0 aromatic heterocycles. The van der Waals surface area contributed by atoms with Gasteiger partial charge in [0.1, 0.15) is 0 Å². The van der Waals surface area contributed by atoms with Crippen molar-refractivity contribution in [2.45, 2.75) is 18.4 Å². The first kappa shape index (κ1) is 14.6. The van der Waals surface area contributed by atoms with Crippen LogP contribution >= 0.6 is 15.9 Å². The van der Waals surface area contributed by atoms with E-state index in [4.69, 9.17) is 4.74 Å². The van der Waals surface area contributed by atoms with Crippen LogP contribution in [0.5, 0.6) is 11.5 Å². The van der Waals surface area contributed by atoms with Crippen molar-refractivity contribution in [1.29, 1.82) is 0 Å². The Morgan fingerprint density at radius 2 is 2.09 bits per heavy atom. The molecule has 0 fully saturated rings. The number of aromatic hydroxyl groups is 1. The van der Waals surface area contributed by atoms with E-state index in [0.29, 0.717) is 17.6 Å². The number of allylic oxidation sites excluding steroid dienone is 2. The van der Waals surface area contributed by atoms with Gasteiger partial charge in [0, 0.05) is 16.1 Å². The molecule has 3 nitrogen and oxygen atoms in total. The number of phenols is 1. The lowest BCUT2D eigenvalue weighted by atomic mass is 9.77. The smallest absolute Gasteiger partial charge is 0.160 e. The second kappa shape index (κ2) is 5.60. The highest BCUT2D eigenvalue weighted by Crippen LogP contribution is 2.50. The molecule has 2 aromatic carbocycles. The van der Waals surface area contributed by atoms with Crippen molar-refractivity contribution in [3.8, 4) is 11.5 Å². The monoisotopic (exact) mass is 371 g/mol. The summed E-state index contributed by atoms with van der Waals surface area (Å²) in [7, 11) is 1.58. The van der Waals surface area contributed by atoms with E-state index in [0.717, 1.165) is 16.5 Å². The molecule has 0 radical (unpaired) electrons. The summed E-state index contributed by atoms with van der Waals surface area (Å²) in [5.74, 6) is 1.60. The molecule has 3 atom stereocenters. The first-order valence-electron chi connectivity index (χ1n) is 7.77. The summed E-state index contributed by atoms with van der Waals surface area (Å²) >= 11 is 3.58. The molecule has 0 bridgehead atoms. The number of anilines is 1. The van der Waals surface area contributed by atoms with Crippen molar-refractivity contribution in [2.75, 3.05) is 12.4 Å². The van der Waals surface area contributed by atoms with Crippen LogP contribution in [0.25, 0.3) is 0 Å². The number of methoxy groups -OCH3 is 1. The van der Waals surface area contributed by atoms with Crippen LogP contribution in [0, 0.1) is 5.92 Å². The van der Waals surface area contributed by atoms with Gasteiger partial charge in [0.05, 0.1) is 13.2 Å². The topological polar surface area (TPSA) is 41.5 Å². The highest BCUT2D eigenvalue weighted by Gasteiger charge is 2.38. The molecule has 0 spiro atoms. The van der Waals surface area contributed by atoms with Crippen LogP contribution in [0.1, 0.15) is 29.5 Å². The molecular weight excluding hydrogens is 354 g/mol. The Hall–Kier alpha value is -1.94. The molecule has 118 valence electrons. The molecule has 0 saturated carbocycles. The van der Waals surface area contributed by atoms with Gasteiger partial charge in [-0.05, 0) is 53.8 Å². The Labute approximate surface area is 144 Å². The fourth-order valence-electron chi connectivity index (χ4n) is 3.78. The fraction of sp³-hybridized carbons (Fsp3) is 0.263. The molecular formula is C19H18BrNO2. The number of rotatable bonds is 2. The van der Waals surface area contributed by atoms with Crippen LogP contribution < -0.4 is 10.1 Å². The Morgan fingerprint density at radius 3 is 2.91 bits per heavy atom. The summed E-state index contributed by atoms with van der Waals surface area (Å²) in [6, 6.07) is 12.2. The first-order valence-corrected chi connectivity index (χ1v) is 8.56. The van der Waals surface area contributed by atoms with Crippen LogP contribution in [0.15, 0.2) is 53.0 Å². The standard InChI is InChI=1S/C19H18BrNO2/c1-23-18-9-11(5-8-17(18)22)19-14-4-2-3-13(14)15-10-12(20)6-7-16(15)21-19/h2-3,5-10,13-14,19,21-22H,4H2,1H3. The van der Waals surface area contributed by atoms with E-state index in [2.05, 4.69) is 51.6 Å². The molecule has 0 saturated heterocycles. The number of ether oxygens (including phenoxy) is 1. The van der Waals surface area contributed by atoms with Crippen molar-refractivity contribution in [3.05, 3.63) is 64.1 Å². The average Bonchev–Trinajstić information content (AvgIpc) is 3.05. The zero-order chi connectivity index (χ0) is 16.0. The summed E-state index contributed by atoms with van der Waals surface area (Å²) < 4.78 is 6.39. The molecule has 2 aromatic rings. The van der Waals surface area contributed by atoms with Crippen LogP contribution in [0.2, 0.25) is 0 Å². The lowest BCUT2D eigenvalue weighted by molar-refractivity contribution is 0.370. The highest BCUT2D eigenvalue weighted by molar-refractivity contribution is 9.10. The molecule has 4 rings (SSSR count). The molecule has 2 N–H and O–H groups in total. The Bertz CT molecular complexity index is 787. The summed E-state index contributed by atoms with van der Waals surface area (Å²) in [6.07, 6.45) is 5.65. The molecule has 1 aliphatic carbocycles. The zero-order valence-corrected chi connectivity index (χ0v) is 14.4. The minimum atomic E-state index is 0.178. The predicted molar refractivity (Wildman–Crippen MR) is 95.2 cm³/mol. The molecule has 1 aliphatic heterocycles. The number of nitrogens with one attached hydrogen (secondary N) is 1. The zero-order valence-electron chi connectivity index (χ0n) is 12.8. The third-order valence-corrected chi connectivity index (χ3v) is 5.38. The summed E-state index contributed by atoms with van der Waals surface area (Å²) in [4.78, 5) is 0. The third-order valence-electron chi connectivity index (χ3n) is 4.89. The molecule has 1 heterocycles. The van der Waals surface area contributed by atoms with Crippen LogP contribution in [-0.4, -0.2) is 12.2 Å². The first-order chi connectivity index (χ1) is 11.2. The number of hydrogen-bond donors (Lipinski definition) is 2. The van der Waals surface area contributed by atoms with Crippen molar-refractivity contribution in [3.63, 3.8) is 0 Å². The fourth-order valence-corrected chi connectivity index (χ4v) is 4.16. The largest absolute Gasteiger partial charge is 0.504 e. The van der Waals surface area contributed by atoms with Crippen LogP contribution in [-0.2, 0) is 0 Å². The molecule has 0 amide bonds. The maximum absolute atomic E-state index is 9.85. The Morgan fingerprint density at radius 1 is 1.22 bits per heavy atom. The Kier molecular flexibility index (Phi) is 3.57. The van der Waals surface area contributed by atoms with Gasteiger partial charge in [-0.15, -0.1) is 0 Å². The van der Waals surface area contributed by atoms with Gasteiger partial charge >= 0.3 is 0 Å². The normalized spacial score (nSPS) is 24.7. The minimum Gasteiger partial charge on any atom is -0.504 e. The molecule has 3 unspecified atom stereocenters. The number of halogens is 1. The Balaban J connectivity index is 1.77. The molecule has 23 heavy (non-hydrogen) atoms. The highest BCUT2D eigenvalue weighted by atomic mass is 79.9. The maximum Gasteiger partial charge on any atom is 0.160 e. The van der Waals surface area contributed by atoms with Gasteiger partial charge in [-0.3, -0.25) is 0 Å². The number of phenolic OH excluding ortho intramolecular Hbond substituents is 1. The van der Waals surface area contributed by atoms with Gasteiger partial charge < -0.3 is 15.2 Å². The average molecular weight is 372 g/mol. The van der Waals surface area contributed by atoms with Gasteiger partial charge in [0.15, 0.2) is 11.5 Å². The summed E-state index contributed by atoms with van der Waals surface area (Å²) in [6.45, 7) is 0. The second-order valence-electron chi connectivity index (χ2n) is 6.14. The van der Waals surface area contributed by atoms with Crippen LogP contribution in [0.3, 0.4) is 0 Å². The number of benzene rings is 2. The third kappa shape index (κ3) is 2.41. The maximum atomic E-state index is 9.85. The number of fused-ring (bicyclic) bond motifs is 3. The van der Waals surface area contributed by atoms with Gasteiger partial charge in [-0.2, -0.15) is 0 Å². The van der Waals surface area contributed by atoms with E-state index >= 15 is 0 Å². The molecule has 2 aliphatic rings. The molecule has 4 heteroatoms. The van der Waals surface area contributed by atoms with E-state index in [9.17, 15) is 5.11 Å². The quantitative estimate of drug-likeness (QED) is 0.730. The number of hydrogen-bond acceptors (Lipinski definition) is 3. The van der Waals surface area contributed by atoms with Gasteiger partial charge in [-0.1, -0.05) is 34.1 Å². The van der Waals surface area contributed by atoms with E-state index < -0.39 is 0 Å². The predicted octanol–water partition coefficient (Wildman–Crippen LogP) is 4.99. The van der Waals surface area contributed by atoms with Gasteiger partial charge in [-0.25, -0.2) is 0 Å². The van der Waals surface area contributed by atoms with Crippen molar-refractivity contribution >= 4 is 21.6 Å². The lowest BCUT2D eigenvalue weighted by Gasteiger charge is -2.37. The van der Waals surface area contributed by atoms with E-state index in [1.54, 1.807) is 13.2 Å². The SMILES string of the molecule is COc1cc(C2Nc3ccc(Br)cc3C3C=CCC32)ccc1O. The van der Waals surface area contributed by atoms with Crippen molar-refractivity contribution in [2.24, 2.45) is 5.92 Å². The van der Waals surface area contributed by atoms with Crippen molar-refractivity contribution < 1.29 is 9.84 Å². The van der Waals surface area contributed by atoms with Crippen LogP contribution in [0.4, 0.5) is 5.69 Å². The van der Waals surface area contributed by atoms with E-state index in [-0.39, 0.29) is 11.8 Å². The van der Waals surface area contributed by atoms with E-state index in [1.165, 1.54) is 11.3 Å². The lowest BCUT2D eigenvalue weighted by Crippen LogP contribution is -2.29. The summed E-state index contributed by atoms with van der Waals surface area (Å²) in [5.41, 5.74) is 3.67. The van der Waals surface area contributed by atoms with Crippen molar-refractivity contribution in [1.82, 2.24) is 0 Å². The van der Waals surface area contributed by atoms with Gasteiger partial charge in [0.25, 0.3) is 0 Å².